The van der Waals surface area contributed by atoms with Gasteiger partial charge in [-0.25, -0.2) is 13.2 Å². The Morgan fingerprint density at radius 1 is 1.22 bits per heavy atom. The number of halogens is 3. The average Bonchev–Trinajstić information content (AvgIpc) is 2.83. The Balaban J connectivity index is 2.11. The molecule has 2 rings (SSSR count). The number of thiophene rings is 1. The highest BCUT2D eigenvalue weighted by atomic mass is 32.1. The van der Waals surface area contributed by atoms with Gasteiger partial charge < -0.3 is 5.32 Å². The molecule has 0 radical (unpaired) electrons. The fourth-order valence-electron chi connectivity index (χ4n) is 1.38. The zero-order chi connectivity index (χ0) is 13.1. The molecule has 0 bridgehead atoms. The largest absolute Gasteiger partial charge is 0.378 e. The van der Waals surface area contributed by atoms with Crippen LogP contribution < -0.4 is 5.32 Å². The van der Waals surface area contributed by atoms with Crippen molar-refractivity contribution in [3.8, 4) is 6.07 Å². The van der Waals surface area contributed by atoms with Crippen LogP contribution in [0.4, 0.5) is 18.9 Å². The van der Waals surface area contributed by atoms with E-state index in [9.17, 15) is 13.2 Å². The quantitative estimate of drug-likeness (QED) is 0.862. The Hall–Kier alpha value is -2.00. The lowest BCUT2D eigenvalue weighted by atomic mass is 10.2. The minimum Gasteiger partial charge on any atom is -0.378 e. The van der Waals surface area contributed by atoms with E-state index in [0.29, 0.717) is 5.56 Å². The van der Waals surface area contributed by atoms with E-state index in [1.54, 1.807) is 11.4 Å². The summed E-state index contributed by atoms with van der Waals surface area (Å²) in [5.74, 6) is -3.96. The Kier molecular flexibility index (Phi) is 3.53. The fourth-order valence-corrected chi connectivity index (χ4v) is 2.13. The summed E-state index contributed by atoms with van der Waals surface area (Å²) in [6.07, 6.45) is 0. The van der Waals surface area contributed by atoms with Gasteiger partial charge in [-0.05, 0) is 18.2 Å². The molecule has 0 aliphatic rings. The van der Waals surface area contributed by atoms with E-state index in [2.05, 4.69) is 5.32 Å². The van der Waals surface area contributed by atoms with Crippen molar-refractivity contribution < 1.29 is 13.2 Å². The molecule has 1 aromatic carbocycles. The van der Waals surface area contributed by atoms with Crippen LogP contribution in [-0.4, -0.2) is 0 Å². The van der Waals surface area contributed by atoms with Gasteiger partial charge in [-0.2, -0.15) is 5.26 Å². The minimum atomic E-state index is -1.50. The van der Waals surface area contributed by atoms with E-state index < -0.39 is 17.5 Å². The fraction of sp³-hybridized carbons (Fsp3) is 0.0833. The van der Waals surface area contributed by atoms with Crippen molar-refractivity contribution in [2.45, 2.75) is 6.54 Å². The highest BCUT2D eigenvalue weighted by Gasteiger charge is 2.13. The molecule has 0 atom stereocenters. The van der Waals surface area contributed by atoms with Crippen LogP contribution in [0, 0.1) is 28.8 Å². The number of nitrogens with zero attached hydrogens (tertiary/aromatic N) is 1. The lowest BCUT2D eigenvalue weighted by Gasteiger charge is -2.06. The number of rotatable bonds is 3. The minimum absolute atomic E-state index is 0.110. The number of hydrogen-bond donors (Lipinski definition) is 1. The first-order chi connectivity index (χ1) is 8.61. The standard InChI is InChI=1S/C12H7F3N2S/c13-9-1-2-10(12(15)11(9)14)17-5-8-3-7(4-16)6-18-8/h1-3,6,17H,5H2. The van der Waals surface area contributed by atoms with E-state index in [0.717, 1.165) is 17.0 Å². The molecule has 92 valence electrons. The lowest BCUT2D eigenvalue weighted by molar-refractivity contribution is 0.449. The summed E-state index contributed by atoms with van der Waals surface area (Å²) in [5.41, 5.74) is 0.406. The zero-order valence-electron chi connectivity index (χ0n) is 9.01. The lowest BCUT2D eigenvalue weighted by Crippen LogP contribution is -2.02. The van der Waals surface area contributed by atoms with Gasteiger partial charge in [0, 0.05) is 16.8 Å². The van der Waals surface area contributed by atoms with Crippen molar-refractivity contribution in [2.75, 3.05) is 5.32 Å². The second kappa shape index (κ2) is 5.10. The Labute approximate surface area is 105 Å². The first-order valence-corrected chi connectivity index (χ1v) is 5.84. The molecular formula is C12H7F3N2S. The van der Waals surface area contributed by atoms with Crippen LogP contribution in [-0.2, 0) is 6.54 Å². The van der Waals surface area contributed by atoms with Crippen molar-refractivity contribution in [1.29, 1.82) is 5.26 Å². The van der Waals surface area contributed by atoms with E-state index in [1.165, 1.54) is 11.3 Å². The van der Waals surface area contributed by atoms with Crippen molar-refractivity contribution in [3.05, 3.63) is 51.5 Å². The number of nitriles is 1. The first kappa shape index (κ1) is 12.5. The normalized spacial score (nSPS) is 10.1. The van der Waals surface area contributed by atoms with Gasteiger partial charge in [0.2, 0.25) is 0 Å². The Bertz CT molecular complexity index is 616. The van der Waals surface area contributed by atoms with E-state index in [4.69, 9.17) is 5.26 Å². The molecule has 1 N–H and O–H groups in total. The monoisotopic (exact) mass is 268 g/mol. The molecule has 2 aromatic rings. The van der Waals surface area contributed by atoms with E-state index >= 15 is 0 Å². The summed E-state index contributed by atoms with van der Waals surface area (Å²) < 4.78 is 39.0. The summed E-state index contributed by atoms with van der Waals surface area (Å²) >= 11 is 1.33. The first-order valence-electron chi connectivity index (χ1n) is 4.96. The van der Waals surface area contributed by atoms with Crippen molar-refractivity contribution in [2.24, 2.45) is 0 Å². The molecule has 0 aliphatic heterocycles. The topological polar surface area (TPSA) is 35.8 Å². The van der Waals surface area contributed by atoms with Gasteiger partial charge in [0.15, 0.2) is 17.5 Å². The predicted octanol–water partition coefficient (Wildman–Crippen LogP) is 3.65. The molecule has 1 heterocycles. The second-order valence-corrected chi connectivity index (χ2v) is 4.49. The highest BCUT2D eigenvalue weighted by molar-refractivity contribution is 7.10. The van der Waals surface area contributed by atoms with E-state index in [1.807, 2.05) is 6.07 Å². The summed E-state index contributed by atoms with van der Waals surface area (Å²) in [6, 6.07) is 5.61. The molecule has 18 heavy (non-hydrogen) atoms. The molecule has 0 aliphatic carbocycles. The smallest absolute Gasteiger partial charge is 0.196 e. The van der Waals surface area contributed by atoms with Crippen molar-refractivity contribution in [3.63, 3.8) is 0 Å². The molecule has 2 nitrogen and oxygen atoms in total. The van der Waals surface area contributed by atoms with Gasteiger partial charge in [-0.15, -0.1) is 11.3 Å². The van der Waals surface area contributed by atoms with Gasteiger partial charge in [-0.3, -0.25) is 0 Å². The number of benzene rings is 1. The maximum absolute atomic E-state index is 13.3. The van der Waals surface area contributed by atoms with Gasteiger partial charge in [0.25, 0.3) is 0 Å². The average molecular weight is 268 g/mol. The van der Waals surface area contributed by atoms with Crippen LogP contribution >= 0.6 is 11.3 Å². The third-order valence-corrected chi connectivity index (χ3v) is 3.21. The molecule has 0 fully saturated rings. The van der Waals surface area contributed by atoms with Crippen LogP contribution in [0.3, 0.4) is 0 Å². The zero-order valence-corrected chi connectivity index (χ0v) is 9.82. The van der Waals surface area contributed by atoms with Crippen LogP contribution in [0.5, 0.6) is 0 Å². The highest BCUT2D eigenvalue weighted by Crippen LogP contribution is 2.21. The Morgan fingerprint density at radius 3 is 2.67 bits per heavy atom. The van der Waals surface area contributed by atoms with Gasteiger partial charge in [0.05, 0.1) is 11.3 Å². The van der Waals surface area contributed by atoms with Gasteiger partial charge in [-0.1, -0.05) is 0 Å². The molecule has 6 heteroatoms. The predicted molar refractivity (Wildman–Crippen MR) is 62.7 cm³/mol. The summed E-state index contributed by atoms with van der Waals surface area (Å²) in [6.45, 7) is 0.244. The second-order valence-electron chi connectivity index (χ2n) is 3.49. The molecule has 0 saturated heterocycles. The summed E-state index contributed by atoms with van der Waals surface area (Å²) in [5, 5.41) is 13.0. The number of hydrogen-bond acceptors (Lipinski definition) is 3. The molecule has 0 unspecified atom stereocenters. The van der Waals surface area contributed by atoms with Crippen LogP contribution in [0.2, 0.25) is 0 Å². The molecular weight excluding hydrogens is 261 g/mol. The van der Waals surface area contributed by atoms with Crippen LogP contribution in [0.25, 0.3) is 0 Å². The number of anilines is 1. The summed E-state index contributed by atoms with van der Waals surface area (Å²) in [4.78, 5) is 0.802. The number of nitrogens with one attached hydrogen (secondary N) is 1. The van der Waals surface area contributed by atoms with E-state index in [-0.39, 0.29) is 12.2 Å². The third-order valence-electron chi connectivity index (χ3n) is 2.27. The van der Waals surface area contributed by atoms with Crippen LogP contribution in [0.15, 0.2) is 23.6 Å². The Morgan fingerprint density at radius 2 is 2.00 bits per heavy atom. The molecule has 0 amide bonds. The van der Waals surface area contributed by atoms with Crippen LogP contribution in [0.1, 0.15) is 10.4 Å². The maximum Gasteiger partial charge on any atom is 0.196 e. The SMILES string of the molecule is N#Cc1csc(CNc2ccc(F)c(F)c2F)c1. The molecule has 1 aromatic heterocycles. The molecule has 0 spiro atoms. The van der Waals surface area contributed by atoms with Gasteiger partial charge in [0.1, 0.15) is 6.07 Å². The van der Waals surface area contributed by atoms with Crippen molar-refractivity contribution in [1.82, 2.24) is 0 Å². The molecule has 0 saturated carbocycles. The van der Waals surface area contributed by atoms with Crippen molar-refractivity contribution >= 4 is 17.0 Å². The maximum atomic E-state index is 13.3. The summed E-state index contributed by atoms with van der Waals surface area (Å²) in [7, 11) is 0. The van der Waals surface area contributed by atoms with Gasteiger partial charge >= 0.3 is 0 Å². The third kappa shape index (κ3) is 2.46.